The summed E-state index contributed by atoms with van der Waals surface area (Å²) in [5.41, 5.74) is 13.9. The van der Waals surface area contributed by atoms with E-state index in [1.165, 1.54) is 10.8 Å². The van der Waals surface area contributed by atoms with Gasteiger partial charge >= 0.3 is 0 Å². The number of aromatic nitrogens is 4. The molecule has 0 radical (unpaired) electrons. The first-order valence-corrected chi connectivity index (χ1v) is 21.1. The van der Waals surface area contributed by atoms with E-state index in [4.69, 9.17) is 23.8 Å². The van der Waals surface area contributed by atoms with Crippen LogP contribution in [0.25, 0.3) is 128 Å². The fourth-order valence-corrected chi connectivity index (χ4v) is 9.24. The highest BCUT2D eigenvalue weighted by molar-refractivity contribution is 6.20. The van der Waals surface area contributed by atoms with E-state index in [0.29, 0.717) is 17.5 Å². The molecular weight excluding hydrogens is 773 g/mol. The molecule has 0 spiro atoms. The Labute approximate surface area is 361 Å². The van der Waals surface area contributed by atoms with Gasteiger partial charge in [0.15, 0.2) is 28.6 Å². The van der Waals surface area contributed by atoms with Crippen molar-refractivity contribution >= 4 is 65.7 Å². The summed E-state index contributed by atoms with van der Waals surface area (Å²) in [4.78, 5) is 14.7. The van der Waals surface area contributed by atoms with Crippen molar-refractivity contribution in [3.63, 3.8) is 0 Å². The summed E-state index contributed by atoms with van der Waals surface area (Å²) in [7, 11) is 0. The van der Waals surface area contributed by atoms with E-state index in [2.05, 4.69) is 132 Å². The van der Waals surface area contributed by atoms with E-state index < -0.39 is 0 Å². The number of para-hydroxylation sites is 3. The zero-order chi connectivity index (χ0) is 41.4. The van der Waals surface area contributed by atoms with Gasteiger partial charge in [-0.15, -0.1) is 0 Å². The summed E-state index contributed by atoms with van der Waals surface area (Å²) in [5, 5.41) is 6.65. The minimum Gasteiger partial charge on any atom is -0.452 e. The van der Waals surface area contributed by atoms with Crippen molar-refractivity contribution in [2.45, 2.75) is 0 Å². The minimum absolute atomic E-state index is 0.637. The van der Waals surface area contributed by atoms with E-state index in [-0.39, 0.29) is 0 Å². The third-order valence-corrected chi connectivity index (χ3v) is 12.3. The molecule has 0 atom stereocenters. The molecule has 0 fully saturated rings. The smallest absolute Gasteiger partial charge is 0.178 e. The molecule has 0 saturated heterocycles. The van der Waals surface area contributed by atoms with Crippen molar-refractivity contribution < 1.29 is 8.83 Å². The molecular formula is C57H34N4O2. The number of hydrogen-bond acceptors (Lipinski definition) is 5. The molecule has 0 aliphatic heterocycles. The third-order valence-electron chi connectivity index (χ3n) is 12.3. The van der Waals surface area contributed by atoms with Gasteiger partial charge in [-0.2, -0.15) is 0 Å². The van der Waals surface area contributed by atoms with E-state index in [9.17, 15) is 0 Å². The van der Waals surface area contributed by atoms with Gasteiger partial charge in [0.1, 0.15) is 11.2 Å². The summed E-state index contributed by atoms with van der Waals surface area (Å²) < 4.78 is 15.5. The molecule has 0 amide bonds. The maximum atomic E-state index is 6.77. The average Bonchev–Trinajstić information content (AvgIpc) is 4.04. The van der Waals surface area contributed by atoms with Crippen molar-refractivity contribution in [2.75, 3.05) is 0 Å². The van der Waals surface area contributed by atoms with Crippen LogP contribution in [-0.4, -0.2) is 19.5 Å². The monoisotopic (exact) mass is 806 g/mol. The lowest BCUT2D eigenvalue weighted by Gasteiger charge is -2.11. The lowest BCUT2D eigenvalue weighted by molar-refractivity contribution is 0.634. The quantitative estimate of drug-likeness (QED) is 0.167. The highest BCUT2D eigenvalue weighted by Crippen LogP contribution is 2.43. The van der Waals surface area contributed by atoms with Crippen LogP contribution in [0.2, 0.25) is 0 Å². The zero-order valence-electron chi connectivity index (χ0n) is 33.7. The molecule has 294 valence electrons. The molecule has 6 nitrogen and oxygen atoms in total. The highest BCUT2D eigenvalue weighted by atomic mass is 16.4. The number of furan rings is 2. The molecule has 0 aliphatic carbocycles. The Morgan fingerprint density at radius 1 is 0.302 bits per heavy atom. The van der Waals surface area contributed by atoms with Crippen LogP contribution < -0.4 is 0 Å². The minimum atomic E-state index is 0.637. The number of benzene rings is 9. The summed E-state index contributed by atoms with van der Waals surface area (Å²) >= 11 is 0. The average molecular weight is 807 g/mol. The topological polar surface area (TPSA) is 69.9 Å². The van der Waals surface area contributed by atoms with Gasteiger partial charge < -0.3 is 13.4 Å². The third kappa shape index (κ3) is 5.69. The van der Waals surface area contributed by atoms with Crippen LogP contribution in [0.3, 0.4) is 0 Å². The second kappa shape index (κ2) is 14.0. The molecule has 4 aromatic heterocycles. The molecule has 0 bridgehead atoms. The Morgan fingerprint density at radius 3 is 1.49 bits per heavy atom. The van der Waals surface area contributed by atoms with Crippen LogP contribution >= 0.6 is 0 Å². The van der Waals surface area contributed by atoms with Crippen LogP contribution in [0.1, 0.15) is 0 Å². The standard InChI is InChI=1S/C57H34N4O2/c1-3-12-37(13-4-1)55-58-56(38-14-5-2-6-15-38)60-57(59-55)39-24-22-35(23-25-39)36-26-29-41(30-27-36)61-49-20-9-7-16-43(49)48-34-40(28-33-50(48)61)42-18-11-19-45-47-32-31-46-44-17-8-10-21-51(44)62-53(46)54(47)63-52(42)45/h1-34H. The van der Waals surface area contributed by atoms with Crippen molar-refractivity contribution in [3.8, 4) is 62.1 Å². The fourth-order valence-electron chi connectivity index (χ4n) is 9.24. The molecule has 0 N–H and O–H groups in total. The molecule has 0 aliphatic rings. The molecule has 6 heteroatoms. The van der Waals surface area contributed by atoms with Crippen LogP contribution in [0.15, 0.2) is 215 Å². The summed E-state index contributed by atoms with van der Waals surface area (Å²) in [6, 6.07) is 71.7. The lowest BCUT2D eigenvalue weighted by atomic mass is 10.00. The first-order chi connectivity index (χ1) is 31.2. The Bertz CT molecular complexity index is 3830. The van der Waals surface area contributed by atoms with Crippen LogP contribution in [0, 0.1) is 0 Å². The predicted octanol–water partition coefficient (Wildman–Crippen LogP) is 15.1. The first-order valence-electron chi connectivity index (χ1n) is 21.1. The van der Waals surface area contributed by atoms with E-state index in [1.54, 1.807) is 0 Å². The van der Waals surface area contributed by atoms with Crippen LogP contribution in [0.4, 0.5) is 0 Å². The van der Waals surface area contributed by atoms with Crippen LogP contribution in [0.5, 0.6) is 0 Å². The van der Waals surface area contributed by atoms with Crippen molar-refractivity contribution in [1.82, 2.24) is 19.5 Å². The van der Waals surface area contributed by atoms with Gasteiger partial charge in [0.05, 0.1) is 11.0 Å². The van der Waals surface area contributed by atoms with Crippen LogP contribution in [-0.2, 0) is 0 Å². The maximum Gasteiger partial charge on any atom is 0.178 e. The maximum absolute atomic E-state index is 6.77. The molecule has 4 heterocycles. The molecule has 63 heavy (non-hydrogen) atoms. The van der Waals surface area contributed by atoms with Gasteiger partial charge in [-0.25, -0.2) is 15.0 Å². The molecule has 0 unspecified atom stereocenters. The highest BCUT2D eigenvalue weighted by Gasteiger charge is 2.20. The van der Waals surface area contributed by atoms with Gasteiger partial charge in [0.25, 0.3) is 0 Å². The van der Waals surface area contributed by atoms with Crippen molar-refractivity contribution in [3.05, 3.63) is 206 Å². The first kappa shape index (κ1) is 35.2. The number of nitrogens with zero attached hydrogens (tertiary/aromatic N) is 4. The number of rotatable bonds is 6. The number of hydrogen-bond donors (Lipinski definition) is 0. The van der Waals surface area contributed by atoms with E-state index in [0.717, 1.165) is 99.5 Å². The molecule has 13 aromatic rings. The van der Waals surface area contributed by atoms with Gasteiger partial charge in [-0.3, -0.25) is 0 Å². The normalized spacial score (nSPS) is 11.8. The number of fused-ring (bicyclic) bond motifs is 10. The van der Waals surface area contributed by atoms with Crippen molar-refractivity contribution in [2.24, 2.45) is 0 Å². The molecule has 13 rings (SSSR count). The van der Waals surface area contributed by atoms with Gasteiger partial charge in [0.2, 0.25) is 0 Å². The summed E-state index contributed by atoms with van der Waals surface area (Å²) in [6.45, 7) is 0. The predicted molar refractivity (Wildman–Crippen MR) is 256 cm³/mol. The Hall–Kier alpha value is -8.61. The van der Waals surface area contributed by atoms with E-state index >= 15 is 0 Å². The fraction of sp³-hybridized carbons (Fsp3) is 0. The second-order valence-electron chi connectivity index (χ2n) is 15.9. The zero-order valence-corrected chi connectivity index (χ0v) is 33.7. The SMILES string of the molecule is c1ccc(-c2nc(-c3ccccc3)nc(-c3ccc(-c4ccc(-n5c6ccccc6c6cc(-c7cccc8c7oc7c8ccc8c9ccccc9oc87)ccc65)cc4)cc3)n2)cc1. The lowest BCUT2D eigenvalue weighted by Crippen LogP contribution is -2.00. The second-order valence-corrected chi connectivity index (χ2v) is 15.9. The van der Waals surface area contributed by atoms with Gasteiger partial charge in [0, 0.05) is 60.3 Å². The van der Waals surface area contributed by atoms with Gasteiger partial charge in [-0.1, -0.05) is 158 Å². The largest absolute Gasteiger partial charge is 0.452 e. The van der Waals surface area contributed by atoms with E-state index in [1.807, 2.05) is 78.9 Å². The van der Waals surface area contributed by atoms with Crippen molar-refractivity contribution in [1.29, 1.82) is 0 Å². The Kier molecular flexibility index (Phi) is 7.80. The Morgan fingerprint density at radius 2 is 0.794 bits per heavy atom. The van der Waals surface area contributed by atoms with Gasteiger partial charge in [-0.05, 0) is 65.2 Å². The summed E-state index contributed by atoms with van der Waals surface area (Å²) in [5.74, 6) is 1.93. The molecule has 0 saturated carbocycles. The summed E-state index contributed by atoms with van der Waals surface area (Å²) in [6.07, 6.45) is 0. The molecule has 9 aromatic carbocycles. The Balaban J connectivity index is 0.854.